The lowest BCUT2D eigenvalue weighted by Crippen LogP contribution is -1.98. The van der Waals surface area contributed by atoms with Gasteiger partial charge in [-0.3, -0.25) is 0 Å². The molecule has 0 aliphatic carbocycles. The molecule has 0 fully saturated rings. The van der Waals surface area contributed by atoms with Gasteiger partial charge in [0.1, 0.15) is 11.3 Å². The van der Waals surface area contributed by atoms with Crippen molar-refractivity contribution in [2.45, 2.75) is 0 Å². The van der Waals surface area contributed by atoms with E-state index in [0.29, 0.717) is 11.3 Å². The molecule has 100 valence electrons. The van der Waals surface area contributed by atoms with Crippen LogP contribution in [0.15, 0.2) is 62.2 Å². The summed E-state index contributed by atoms with van der Waals surface area (Å²) < 4.78 is 11.4. The van der Waals surface area contributed by atoms with Crippen LogP contribution >= 0.6 is 15.9 Å². The summed E-state index contributed by atoms with van der Waals surface area (Å²) in [7, 11) is 1.58. The molecule has 2 aromatic carbocycles. The van der Waals surface area contributed by atoms with Gasteiger partial charge in [0.05, 0.1) is 7.11 Å². The molecule has 0 aliphatic heterocycles. The number of hydrogen-bond donors (Lipinski definition) is 0. The van der Waals surface area contributed by atoms with Crippen molar-refractivity contribution in [1.29, 1.82) is 0 Å². The van der Waals surface area contributed by atoms with Crippen LogP contribution in [0.5, 0.6) is 5.75 Å². The highest BCUT2D eigenvalue weighted by Crippen LogP contribution is 2.30. The summed E-state index contributed by atoms with van der Waals surface area (Å²) in [5, 5.41) is 0.882. The predicted octanol–water partition coefficient (Wildman–Crippen LogP) is 4.23. The highest BCUT2D eigenvalue weighted by Gasteiger charge is 2.08. The van der Waals surface area contributed by atoms with Crippen LogP contribution in [-0.4, -0.2) is 7.11 Å². The zero-order chi connectivity index (χ0) is 14.1. The normalized spacial score (nSPS) is 10.7. The van der Waals surface area contributed by atoms with Gasteiger partial charge in [-0.2, -0.15) is 0 Å². The topological polar surface area (TPSA) is 39.4 Å². The molecule has 20 heavy (non-hydrogen) atoms. The number of halogens is 1. The minimum Gasteiger partial charge on any atom is -0.497 e. The molecule has 0 amide bonds. The minimum atomic E-state index is -0.372. The zero-order valence-electron chi connectivity index (χ0n) is 10.7. The Bertz CT molecular complexity index is 819. The number of methoxy groups -OCH3 is 1. The lowest BCUT2D eigenvalue weighted by atomic mass is 10.0. The molecule has 0 radical (unpaired) electrons. The van der Waals surface area contributed by atoms with Crippen LogP contribution in [0.2, 0.25) is 0 Å². The number of rotatable bonds is 2. The van der Waals surface area contributed by atoms with Crippen LogP contribution in [0.1, 0.15) is 0 Å². The van der Waals surface area contributed by atoms with Gasteiger partial charge in [0, 0.05) is 22.0 Å². The molecule has 3 nitrogen and oxygen atoms in total. The van der Waals surface area contributed by atoms with Crippen molar-refractivity contribution < 1.29 is 9.15 Å². The van der Waals surface area contributed by atoms with Crippen LogP contribution in [0, 0.1) is 0 Å². The average molecular weight is 331 g/mol. The van der Waals surface area contributed by atoms with E-state index < -0.39 is 0 Å². The van der Waals surface area contributed by atoms with Gasteiger partial charge in [0.2, 0.25) is 0 Å². The Morgan fingerprint density at radius 2 is 1.80 bits per heavy atom. The van der Waals surface area contributed by atoms with Crippen molar-refractivity contribution >= 4 is 26.9 Å². The fourth-order valence-corrected chi connectivity index (χ4v) is 2.40. The van der Waals surface area contributed by atoms with Gasteiger partial charge in [-0.1, -0.05) is 28.1 Å². The molecule has 0 spiro atoms. The lowest BCUT2D eigenvalue weighted by molar-refractivity contribution is 0.414. The van der Waals surface area contributed by atoms with Crippen LogP contribution < -0.4 is 10.4 Å². The molecule has 0 unspecified atom stereocenters. The summed E-state index contributed by atoms with van der Waals surface area (Å²) >= 11 is 3.40. The maximum Gasteiger partial charge on any atom is 0.336 e. The Hall–Kier alpha value is -2.07. The molecule has 0 saturated carbocycles. The van der Waals surface area contributed by atoms with Crippen LogP contribution in [0.4, 0.5) is 0 Å². The quantitative estimate of drug-likeness (QED) is 0.660. The summed E-state index contributed by atoms with van der Waals surface area (Å²) in [5.74, 6) is 0.661. The Kier molecular flexibility index (Phi) is 3.32. The van der Waals surface area contributed by atoms with Gasteiger partial charge in [-0.25, -0.2) is 4.79 Å². The van der Waals surface area contributed by atoms with E-state index in [0.717, 1.165) is 21.0 Å². The average Bonchev–Trinajstić information content (AvgIpc) is 2.46. The number of benzene rings is 2. The number of hydrogen-bond acceptors (Lipinski definition) is 3. The van der Waals surface area contributed by atoms with E-state index in [2.05, 4.69) is 15.9 Å². The lowest BCUT2D eigenvalue weighted by Gasteiger charge is -2.07. The molecule has 0 atom stereocenters. The first-order valence-corrected chi connectivity index (χ1v) is 6.84. The first-order chi connectivity index (χ1) is 9.67. The van der Waals surface area contributed by atoms with Crippen LogP contribution in [0.3, 0.4) is 0 Å². The van der Waals surface area contributed by atoms with Crippen molar-refractivity contribution in [3.63, 3.8) is 0 Å². The van der Waals surface area contributed by atoms with Crippen molar-refractivity contribution in [3.8, 4) is 16.9 Å². The van der Waals surface area contributed by atoms with E-state index in [1.54, 1.807) is 13.2 Å². The third-order valence-corrected chi connectivity index (χ3v) is 3.64. The van der Waals surface area contributed by atoms with Crippen molar-refractivity contribution in [2.24, 2.45) is 0 Å². The molecule has 0 N–H and O–H groups in total. The van der Waals surface area contributed by atoms with Crippen molar-refractivity contribution in [2.75, 3.05) is 7.11 Å². The summed E-state index contributed by atoms with van der Waals surface area (Å²) in [6.45, 7) is 0. The van der Waals surface area contributed by atoms with Gasteiger partial charge >= 0.3 is 5.63 Å². The number of ether oxygens (including phenoxy) is 1. The molecule has 0 saturated heterocycles. The van der Waals surface area contributed by atoms with Crippen LogP contribution in [-0.2, 0) is 0 Å². The first-order valence-electron chi connectivity index (χ1n) is 6.05. The Balaban J connectivity index is 2.29. The van der Waals surface area contributed by atoms with E-state index in [1.807, 2.05) is 36.4 Å². The van der Waals surface area contributed by atoms with Gasteiger partial charge in [0.15, 0.2) is 0 Å². The highest BCUT2D eigenvalue weighted by atomic mass is 79.9. The molecule has 0 bridgehead atoms. The van der Waals surface area contributed by atoms with E-state index in [1.165, 1.54) is 6.07 Å². The van der Waals surface area contributed by atoms with Gasteiger partial charge in [0.25, 0.3) is 0 Å². The molecule has 1 aromatic heterocycles. The second kappa shape index (κ2) is 5.13. The second-order valence-corrected chi connectivity index (χ2v) is 5.26. The molecule has 0 aliphatic rings. The fraction of sp³-hybridized carbons (Fsp3) is 0.0625. The van der Waals surface area contributed by atoms with E-state index in [-0.39, 0.29) is 5.63 Å². The third kappa shape index (κ3) is 2.34. The molecular weight excluding hydrogens is 320 g/mol. The molecular formula is C16H11BrO3. The molecule has 1 heterocycles. The third-order valence-electron chi connectivity index (χ3n) is 3.11. The van der Waals surface area contributed by atoms with Gasteiger partial charge in [-0.05, 0) is 35.4 Å². The Morgan fingerprint density at radius 1 is 1.05 bits per heavy atom. The fourth-order valence-electron chi connectivity index (χ4n) is 2.14. The highest BCUT2D eigenvalue weighted by molar-refractivity contribution is 9.10. The van der Waals surface area contributed by atoms with E-state index in [4.69, 9.17) is 9.15 Å². The molecule has 3 rings (SSSR count). The summed E-state index contributed by atoms with van der Waals surface area (Å²) in [4.78, 5) is 11.7. The first kappa shape index (κ1) is 12.9. The second-order valence-electron chi connectivity index (χ2n) is 4.35. The zero-order valence-corrected chi connectivity index (χ0v) is 12.3. The van der Waals surface area contributed by atoms with Crippen molar-refractivity contribution in [3.05, 3.63) is 63.4 Å². The Labute approximate surface area is 123 Å². The smallest absolute Gasteiger partial charge is 0.336 e. The predicted molar refractivity (Wildman–Crippen MR) is 82.2 cm³/mol. The van der Waals surface area contributed by atoms with Crippen LogP contribution in [0.25, 0.3) is 22.1 Å². The largest absolute Gasteiger partial charge is 0.497 e. The van der Waals surface area contributed by atoms with E-state index in [9.17, 15) is 4.79 Å². The van der Waals surface area contributed by atoms with Gasteiger partial charge in [-0.15, -0.1) is 0 Å². The van der Waals surface area contributed by atoms with Gasteiger partial charge < -0.3 is 9.15 Å². The molecule has 4 heteroatoms. The number of fused-ring (bicyclic) bond motifs is 1. The van der Waals surface area contributed by atoms with E-state index >= 15 is 0 Å². The maximum atomic E-state index is 11.7. The SMILES string of the molecule is COc1ccc2c(-c3ccc(Br)cc3)cc(=O)oc2c1. The van der Waals surface area contributed by atoms with Crippen molar-refractivity contribution in [1.82, 2.24) is 0 Å². The minimum absolute atomic E-state index is 0.372. The summed E-state index contributed by atoms with van der Waals surface area (Å²) in [5.41, 5.74) is 1.97. The standard InChI is InChI=1S/C16H11BrO3/c1-19-12-6-7-13-14(9-16(18)20-15(13)8-12)10-2-4-11(17)5-3-10/h2-9H,1H3. The summed E-state index contributed by atoms with van der Waals surface area (Å²) in [6, 6.07) is 14.8. The maximum absolute atomic E-state index is 11.7. The monoisotopic (exact) mass is 330 g/mol. The summed E-state index contributed by atoms with van der Waals surface area (Å²) in [6.07, 6.45) is 0. The Morgan fingerprint density at radius 3 is 2.50 bits per heavy atom. The molecule has 3 aromatic rings.